The molecule has 1 fully saturated rings. The van der Waals surface area contributed by atoms with Crippen LogP contribution in [0.5, 0.6) is 5.75 Å². The molecule has 1 aromatic rings. The molecule has 1 aliphatic rings. The number of carbonyl (C=O) groups excluding carboxylic acids is 1. The number of halogens is 1. The normalized spacial score (nSPS) is 18.1. The van der Waals surface area contributed by atoms with Gasteiger partial charge in [-0.1, -0.05) is 15.9 Å². The number of rotatable bonds is 4. The van der Waals surface area contributed by atoms with Gasteiger partial charge >= 0.3 is 0 Å². The van der Waals surface area contributed by atoms with Crippen molar-refractivity contribution in [3.05, 3.63) is 33.9 Å². The Labute approximate surface area is 125 Å². The molecule has 1 aliphatic heterocycles. The van der Waals surface area contributed by atoms with Gasteiger partial charge in [-0.2, -0.15) is 0 Å². The number of carbonyl (C=O) groups is 1. The molecule has 1 unspecified atom stereocenters. The molecule has 0 bridgehead atoms. The van der Waals surface area contributed by atoms with Crippen LogP contribution in [0.2, 0.25) is 0 Å². The van der Waals surface area contributed by atoms with Crippen LogP contribution in [-0.4, -0.2) is 41.3 Å². The molecule has 1 aromatic carbocycles. The summed E-state index contributed by atoms with van der Waals surface area (Å²) in [5, 5.41) is 11.6. The van der Waals surface area contributed by atoms with E-state index >= 15 is 0 Å². The monoisotopic (exact) mass is 342 g/mol. The summed E-state index contributed by atoms with van der Waals surface area (Å²) in [6.07, 6.45) is 0.965. The van der Waals surface area contributed by atoms with E-state index in [1.54, 1.807) is 4.90 Å². The van der Waals surface area contributed by atoms with Gasteiger partial charge in [-0.15, -0.1) is 0 Å². The van der Waals surface area contributed by atoms with Crippen molar-refractivity contribution in [3.63, 3.8) is 0 Å². The Bertz CT molecular complexity index is 535. The maximum absolute atomic E-state index is 12.4. The van der Waals surface area contributed by atoms with Gasteiger partial charge in [0, 0.05) is 24.5 Å². The van der Waals surface area contributed by atoms with Crippen LogP contribution in [0.1, 0.15) is 16.8 Å². The number of methoxy groups -OCH3 is 1. The summed E-state index contributed by atoms with van der Waals surface area (Å²) in [4.78, 5) is 24.4. The van der Waals surface area contributed by atoms with E-state index in [-0.39, 0.29) is 17.3 Å². The number of nitro benzene ring substituents is 1. The fourth-order valence-electron chi connectivity index (χ4n) is 2.28. The average Bonchev–Trinajstić information content (AvgIpc) is 2.94. The van der Waals surface area contributed by atoms with Gasteiger partial charge in [-0.3, -0.25) is 14.9 Å². The van der Waals surface area contributed by atoms with E-state index in [0.29, 0.717) is 24.6 Å². The third kappa shape index (κ3) is 2.92. The van der Waals surface area contributed by atoms with Gasteiger partial charge in [0.2, 0.25) is 0 Å². The largest absolute Gasteiger partial charge is 0.496 e. The predicted octanol–water partition coefficient (Wildman–Crippen LogP) is 2.46. The highest BCUT2D eigenvalue weighted by atomic mass is 79.9. The summed E-state index contributed by atoms with van der Waals surface area (Å²) in [6.45, 7) is 1.40. The molecule has 1 atom stereocenters. The first-order valence-corrected chi connectivity index (χ1v) is 7.36. The van der Waals surface area contributed by atoms with E-state index < -0.39 is 4.92 Å². The first-order chi connectivity index (χ1) is 9.56. The Morgan fingerprint density at radius 3 is 2.90 bits per heavy atom. The van der Waals surface area contributed by atoms with Crippen molar-refractivity contribution in [3.8, 4) is 5.75 Å². The van der Waals surface area contributed by atoms with Crippen molar-refractivity contribution in [2.24, 2.45) is 5.92 Å². The van der Waals surface area contributed by atoms with Gasteiger partial charge in [0.05, 0.1) is 23.7 Å². The molecule has 7 heteroatoms. The number of amides is 1. The minimum absolute atomic E-state index is 0.0850. The van der Waals surface area contributed by atoms with Gasteiger partial charge in [0.1, 0.15) is 5.75 Å². The maximum Gasteiger partial charge on any atom is 0.273 e. The lowest BCUT2D eigenvalue weighted by molar-refractivity contribution is -0.384. The first kappa shape index (κ1) is 14.8. The molecule has 20 heavy (non-hydrogen) atoms. The Morgan fingerprint density at radius 2 is 2.35 bits per heavy atom. The SMILES string of the molecule is COc1cc([N+](=O)[O-])ccc1C(=O)N1CCC(CBr)C1. The van der Waals surface area contributed by atoms with Gasteiger partial charge in [0.25, 0.3) is 11.6 Å². The number of likely N-dealkylation sites (tertiary alicyclic amines) is 1. The van der Waals surface area contributed by atoms with Gasteiger partial charge in [-0.25, -0.2) is 0 Å². The molecule has 108 valence electrons. The van der Waals surface area contributed by atoms with Gasteiger partial charge in [-0.05, 0) is 18.4 Å². The van der Waals surface area contributed by atoms with Crippen molar-refractivity contribution in [2.45, 2.75) is 6.42 Å². The Kier molecular flexibility index (Phi) is 4.59. The Balaban J connectivity index is 2.24. The van der Waals surface area contributed by atoms with Crippen LogP contribution in [-0.2, 0) is 0 Å². The molecule has 1 heterocycles. The standard InChI is InChI=1S/C13H15BrN2O4/c1-20-12-6-10(16(18)19)2-3-11(12)13(17)15-5-4-9(7-14)8-15/h2-3,6,9H,4-5,7-8H2,1H3. The van der Waals surface area contributed by atoms with Crippen LogP contribution >= 0.6 is 15.9 Å². The topological polar surface area (TPSA) is 72.7 Å². The van der Waals surface area contributed by atoms with Crippen molar-refractivity contribution < 1.29 is 14.5 Å². The van der Waals surface area contributed by atoms with Crippen LogP contribution in [0.4, 0.5) is 5.69 Å². The summed E-state index contributed by atoms with van der Waals surface area (Å²) in [7, 11) is 1.40. The molecule has 0 saturated carbocycles. The zero-order chi connectivity index (χ0) is 14.7. The van der Waals surface area contributed by atoms with E-state index in [1.165, 1.54) is 25.3 Å². The number of nitrogens with zero attached hydrogens (tertiary/aromatic N) is 2. The highest BCUT2D eigenvalue weighted by molar-refractivity contribution is 9.09. The van der Waals surface area contributed by atoms with Crippen LogP contribution < -0.4 is 4.74 Å². The third-order valence-electron chi connectivity index (χ3n) is 3.42. The molecule has 2 rings (SSSR count). The van der Waals surface area contributed by atoms with E-state index in [9.17, 15) is 14.9 Å². The number of hydrogen-bond donors (Lipinski definition) is 0. The van der Waals surface area contributed by atoms with E-state index in [0.717, 1.165) is 11.8 Å². The smallest absolute Gasteiger partial charge is 0.273 e. The maximum atomic E-state index is 12.4. The summed E-state index contributed by atoms with van der Waals surface area (Å²) >= 11 is 3.43. The molecule has 6 nitrogen and oxygen atoms in total. The lowest BCUT2D eigenvalue weighted by atomic mass is 10.1. The number of nitro groups is 1. The van der Waals surface area contributed by atoms with Gasteiger partial charge in [0.15, 0.2) is 0 Å². The van der Waals surface area contributed by atoms with E-state index in [2.05, 4.69) is 15.9 Å². The molecular weight excluding hydrogens is 328 g/mol. The van der Waals surface area contributed by atoms with Crippen LogP contribution in [0, 0.1) is 16.0 Å². The summed E-state index contributed by atoms with van der Waals surface area (Å²) in [5.41, 5.74) is 0.284. The minimum Gasteiger partial charge on any atom is -0.496 e. The van der Waals surface area contributed by atoms with Crippen molar-refractivity contribution in [2.75, 3.05) is 25.5 Å². The number of non-ortho nitro benzene ring substituents is 1. The molecule has 0 N–H and O–H groups in total. The van der Waals surface area contributed by atoms with Crippen molar-refractivity contribution in [1.82, 2.24) is 4.90 Å². The number of hydrogen-bond acceptors (Lipinski definition) is 4. The second kappa shape index (κ2) is 6.21. The quantitative estimate of drug-likeness (QED) is 0.478. The fourth-order valence-corrected chi connectivity index (χ4v) is 2.81. The lowest BCUT2D eigenvalue weighted by Gasteiger charge is -2.17. The Morgan fingerprint density at radius 1 is 1.60 bits per heavy atom. The fraction of sp³-hybridized carbons (Fsp3) is 0.462. The predicted molar refractivity (Wildman–Crippen MR) is 77.5 cm³/mol. The first-order valence-electron chi connectivity index (χ1n) is 6.24. The molecule has 0 radical (unpaired) electrons. The summed E-state index contributed by atoms with van der Waals surface area (Å²) in [5.74, 6) is 0.565. The minimum atomic E-state index is -0.506. The van der Waals surface area contributed by atoms with Crippen molar-refractivity contribution in [1.29, 1.82) is 0 Å². The Hall–Kier alpha value is -1.63. The zero-order valence-electron chi connectivity index (χ0n) is 11.0. The van der Waals surface area contributed by atoms with Crippen LogP contribution in [0.3, 0.4) is 0 Å². The summed E-state index contributed by atoms with van der Waals surface area (Å²) < 4.78 is 5.11. The van der Waals surface area contributed by atoms with Crippen LogP contribution in [0.25, 0.3) is 0 Å². The zero-order valence-corrected chi connectivity index (χ0v) is 12.6. The number of alkyl halides is 1. The van der Waals surface area contributed by atoms with Gasteiger partial charge < -0.3 is 9.64 Å². The highest BCUT2D eigenvalue weighted by Gasteiger charge is 2.28. The molecule has 0 spiro atoms. The average molecular weight is 343 g/mol. The van der Waals surface area contributed by atoms with E-state index in [1.807, 2.05) is 0 Å². The van der Waals surface area contributed by atoms with Crippen LogP contribution in [0.15, 0.2) is 18.2 Å². The summed E-state index contributed by atoms with van der Waals surface area (Å²) in [6, 6.07) is 4.07. The molecular formula is C13H15BrN2O4. The second-order valence-corrected chi connectivity index (χ2v) is 5.35. The molecule has 1 amide bonds. The van der Waals surface area contributed by atoms with Crippen molar-refractivity contribution >= 4 is 27.5 Å². The molecule has 0 aromatic heterocycles. The highest BCUT2D eigenvalue weighted by Crippen LogP contribution is 2.28. The number of benzene rings is 1. The third-order valence-corrected chi connectivity index (χ3v) is 4.33. The van der Waals surface area contributed by atoms with E-state index in [4.69, 9.17) is 4.74 Å². The molecule has 1 saturated heterocycles. The lowest BCUT2D eigenvalue weighted by Crippen LogP contribution is -2.29. The number of ether oxygens (including phenoxy) is 1. The second-order valence-electron chi connectivity index (χ2n) is 4.70. The molecule has 0 aliphatic carbocycles.